The Hall–Kier alpha value is -2.27. The van der Waals surface area contributed by atoms with Crippen molar-refractivity contribution in [1.29, 1.82) is 0 Å². The van der Waals surface area contributed by atoms with Gasteiger partial charge in [-0.1, -0.05) is 0 Å². The van der Waals surface area contributed by atoms with Gasteiger partial charge in [0.15, 0.2) is 0 Å². The average molecular weight is 363 g/mol. The molecule has 3 atom stereocenters. The van der Waals surface area contributed by atoms with E-state index in [2.05, 4.69) is 9.72 Å². The van der Waals surface area contributed by atoms with Crippen LogP contribution in [0.1, 0.15) is 27.0 Å². The second kappa shape index (κ2) is 6.56. The molecule has 9 nitrogen and oxygen atoms in total. The summed E-state index contributed by atoms with van der Waals surface area (Å²) in [7, 11) is 0. The minimum absolute atomic E-state index is 0.150. The lowest BCUT2D eigenvalue weighted by molar-refractivity contribution is -0.149. The quantitative estimate of drug-likeness (QED) is 0.751. The highest BCUT2D eigenvalue weighted by atomic mass is 19.3. The third kappa shape index (κ3) is 4.04. The first-order valence-electron chi connectivity index (χ1n) is 7.34. The Morgan fingerprint density at radius 3 is 2.68 bits per heavy atom. The molecule has 0 bridgehead atoms. The zero-order chi connectivity index (χ0) is 19.0. The molecular weight excluding hydrogens is 344 g/mol. The lowest BCUT2D eigenvalue weighted by atomic mass is 10.1. The summed E-state index contributed by atoms with van der Waals surface area (Å²) in [6, 6.07) is 1.14. The van der Waals surface area contributed by atoms with E-state index in [9.17, 15) is 23.5 Å². The van der Waals surface area contributed by atoms with Gasteiger partial charge in [0.05, 0.1) is 6.61 Å². The van der Waals surface area contributed by atoms with E-state index in [1.165, 1.54) is 20.8 Å². The Morgan fingerprint density at radius 1 is 1.52 bits per heavy atom. The van der Waals surface area contributed by atoms with Crippen molar-refractivity contribution in [2.24, 2.45) is 0 Å². The Morgan fingerprint density at radius 2 is 2.16 bits per heavy atom. The first-order chi connectivity index (χ1) is 11.5. The van der Waals surface area contributed by atoms with Gasteiger partial charge in [-0.15, -0.1) is 0 Å². The number of rotatable bonds is 3. The molecule has 0 radical (unpaired) electrons. The molecule has 0 saturated carbocycles. The van der Waals surface area contributed by atoms with Crippen LogP contribution in [0.4, 0.5) is 19.4 Å². The summed E-state index contributed by atoms with van der Waals surface area (Å²) in [5, 5.41) is 9.28. The van der Waals surface area contributed by atoms with Gasteiger partial charge < -0.3 is 25.1 Å². The molecule has 1 fully saturated rings. The van der Waals surface area contributed by atoms with Crippen molar-refractivity contribution in [3.63, 3.8) is 0 Å². The first-order valence-corrected chi connectivity index (χ1v) is 7.34. The number of nitrogens with two attached hydrogens (primary N) is 1. The van der Waals surface area contributed by atoms with Gasteiger partial charge in [0.1, 0.15) is 17.5 Å². The van der Waals surface area contributed by atoms with Crippen molar-refractivity contribution in [3.05, 3.63) is 22.7 Å². The molecular formula is C14H19F2N3O6. The van der Waals surface area contributed by atoms with Crippen molar-refractivity contribution in [2.75, 3.05) is 12.3 Å². The minimum Gasteiger partial charge on any atom is -0.429 e. The monoisotopic (exact) mass is 363 g/mol. The van der Waals surface area contributed by atoms with Crippen LogP contribution in [0.2, 0.25) is 0 Å². The molecule has 11 heteroatoms. The summed E-state index contributed by atoms with van der Waals surface area (Å²) in [5.74, 6) is -3.98. The number of anilines is 1. The van der Waals surface area contributed by atoms with E-state index in [-0.39, 0.29) is 5.82 Å². The second-order valence-electron chi connectivity index (χ2n) is 6.43. The van der Waals surface area contributed by atoms with Crippen molar-refractivity contribution < 1.29 is 32.9 Å². The van der Waals surface area contributed by atoms with E-state index < -0.39 is 48.4 Å². The predicted octanol–water partition coefficient (Wildman–Crippen LogP) is 0.671. The van der Waals surface area contributed by atoms with Gasteiger partial charge in [0.25, 0.3) is 0 Å². The van der Waals surface area contributed by atoms with Crippen LogP contribution >= 0.6 is 0 Å². The SMILES string of the molecule is CC(C)(C)OC(=O)O[C@@H]1[C@@H](CO)OC(n2ccc(N)nc2=O)C1(F)F. The third-order valence-corrected chi connectivity index (χ3v) is 3.25. The van der Waals surface area contributed by atoms with E-state index >= 15 is 0 Å². The molecule has 25 heavy (non-hydrogen) atoms. The summed E-state index contributed by atoms with van der Waals surface area (Å²) >= 11 is 0. The van der Waals surface area contributed by atoms with Crippen molar-refractivity contribution >= 4 is 12.0 Å². The third-order valence-electron chi connectivity index (χ3n) is 3.25. The Bertz CT molecular complexity index is 703. The highest BCUT2D eigenvalue weighted by Gasteiger charge is 2.62. The fourth-order valence-electron chi connectivity index (χ4n) is 2.24. The number of aliphatic hydroxyl groups excluding tert-OH is 1. The maximum atomic E-state index is 14.7. The molecule has 0 spiro atoms. The van der Waals surface area contributed by atoms with Crippen LogP contribution in [-0.2, 0) is 14.2 Å². The number of aliphatic hydroxyl groups is 1. The Balaban J connectivity index is 2.29. The zero-order valence-corrected chi connectivity index (χ0v) is 13.8. The molecule has 1 aliphatic heterocycles. The number of ether oxygens (including phenoxy) is 3. The molecule has 1 unspecified atom stereocenters. The molecule has 1 aromatic rings. The maximum Gasteiger partial charge on any atom is 0.509 e. The molecule has 140 valence electrons. The Labute approximate surface area is 141 Å². The van der Waals surface area contributed by atoms with Crippen molar-refractivity contribution in [3.8, 4) is 0 Å². The van der Waals surface area contributed by atoms with E-state index in [0.717, 1.165) is 12.3 Å². The largest absolute Gasteiger partial charge is 0.509 e. The average Bonchev–Trinajstić information content (AvgIpc) is 2.69. The van der Waals surface area contributed by atoms with Crippen LogP contribution in [-0.4, -0.2) is 51.2 Å². The van der Waals surface area contributed by atoms with E-state index in [1.54, 1.807) is 0 Å². The van der Waals surface area contributed by atoms with Crippen LogP contribution in [0.15, 0.2) is 17.1 Å². The van der Waals surface area contributed by atoms with Crippen molar-refractivity contribution in [2.45, 2.75) is 50.7 Å². The van der Waals surface area contributed by atoms with Gasteiger partial charge in [0, 0.05) is 6.20 Å². The minimum atomic E-state index is -3.83. The number of carbonyl (C=O) groups is 1. The van der Waals surface area contributed by atoms with E-state index in [4.69, 9.17) is 15.2 Å². The molecule has 3 N–H and O–H groups in total. The van der Waals surface area contributed by atoms with Gasteiger partial charge in [-0.25, -0.2) is 9.59 Å². The van der Waals surface area contributed by atoms with Crippen LogP contribution in [0, 0.1) is 0 Å². The number of halogens is 2. The number of hydrogen-bond donors (Lipinski definition) is 2. The zero-order valence-electron chi connectivity index (χ0n) is 13.8. The second-order valence-corrected chi connectivity index (χ2v) is 6.43. The van der Waals surface area contributed by atoms with Crippen LogP contribution in [0.5, 0.6) is 0 Å². The summed E-state index contributed by atoms with van der Waals surface area (Å²) in [6.07, 6.45) is -6.20. The fraction of sp³-hybridized carbons (Fsp3) is 0.643. The number of nitrogen functional groups attached to an aromatic ring is 1. The molecule has 1 aliphatic rings. The maximum absolute atomic E-state index is 14.7. The molecule has 0 aliphatic carbocycles. The molecule has 1 saturated heterocycles. The molecule has 0 amide bonds. The highest BCUT2D eigenvalue weighted by molar-refractivity contribution is 5.61. The first kappa shape index (κ1) is 19.1. The number of nitrogens with zero attached hydrogens (tertiary/aromatic N) is 2. The smallest absolute Gasteiger partial charge is 0.429 e. The standard InChI is InChI=1S/C14H19F2N3O6/c1-13(2,3)25-12(22)24-9-7(6-20)23-10(14(9,15)16)19-5-4-8(17)18-11(19)21/h4-5,7,9-10,20H,6H2,1-3H3,(H2,17,18,21)/t7-,9-,10?/m1/s1. The Kier molecular flexibility index (Phi) is 5.00. The lowest BCUT2D eigenvalue weighted by Crippen LogP contribution is -2.45. The van der Waals surface area contributed by atoms with Gasteiger partial charge in [-0.05, 0) is 26.8 Å². The molecule has 1 aromatic heterocycles. The van der Waals surface area contributed by atoms with Gasteiger partial charge in [0.2, 0.25) is 12.3 Å². The van der Waals surface area contributed by atoms with Crippen molar-refractivity contribution in [1.82, 2.24) is 9.55 Å². The van der Waals surface area contributed by atoms with E-state index in [0.29, 0.717) is 4.57 Å². The number of hydrogen-bond acceptors (Lipinski definition) is 8. The fourth-order valence-corrected chi connectivity index (χ4v) is 2.24. The van der Waals surface area contributed by atoms with E-state index in [1.807, 2.05) is 0 Å². The molecule has 2 heterocycles. The van der Waals surface area contributed by atoms with Gasteiger partial charge >= 0.3 is 17.8 Å². The normalized spacial score (nSPS) is 25.6. The number of carbonyl (C=O) groups excluding carboxylic acids is 1. The summed E-state index contributed by atoms with van der Waals surface area (Å²) in [6.45, 7) is 3.73. The van der Waals surface area contributed by atoms with Gasteiger partial charge in [-0.3, -0.25) is 4.57 Å². The molecule has 2 rings (SSSR count). The van der Waals surface area contributed by atoms with Crippen LogP contribution in [0.3, 0.4) is 0 Å². The summed E-state index contributed by atoms with van der Waals surface area (Å²) in [5.41, 5.74) is 3.29. The van der Waals surface area contributed by atoms with Crippen LogP contribution < -0.4 is 11.4 Å². The summed E-state index contributed by atoms with van der Waals surface area (Å²) < 4.78 is 44.4. The van der Waals surface area contributed by atoms with Crippen LogP contribution in [0.25, 0.3) is 0 Å². The number of aromatic nitrogens is 2. The lowest BCUT2D eigenvalue weighted by Gasteiger charge is -2.25. The summed E-state index contributed by atoms with van der Waals surface area (Å²) in [4.78, 5) is 26.8. The molecule has 0 aromatic carbocycles. The predicted molar refractivity (Wildman–Crippen MR) is 80.0 cm³/mol. The van der Waals surface area contributed by atoms with Gasteiger partial charge in [-0.2, -0.15) is 13.8 Å². The highest BCUT2D eigenvalue weighted by Crippen LogP contribution is 2.44. The number of alkyl halides is 2. The topological polar surface area (TPSA) is 126 Å².